The lowest BCUT2D eigenvalue weighted by molar-refractivity contribution is 0.244. The van der Waals surface area contributed by atoms with E-state index in [1.807, 2.05) is 37.4 Å². The van der Waals surface area contributed by atoms with Crippen LogP contribution in [-0.2, 0) is 12.8 Å². The first-order chi connectivity index (χ1) is 16.1. The summed E-state index contributed by atoms with van der Waals surface area (Å²) in [5, 5.41) is 13.0. The Kier molecular flexibility index (Phi) is 6.11. The van der Waals surface area contributed by atoms with Gasteiger partial charge in [-0.25, -0.2) is 9.78 Å². The van der Waals surface area contributed by atoms with E-state index in [-0.39, 0.29) is 12.1 Å². The Morgan fingerprint density at radius 3 is 2.73 bits per heavy atom. The summed E-state index contributed by atoms with van der Waals surface area (Å²) in [6, 6.07) is 14.5. The van der Waals surface area contributed by atoms with E-state index in [2.05, 4.69) is 49.4 Å². The van der Waals surface area contributed by atoms with Gasteiger partial charge in [0.25, 0.3) is 0 Å². The molecule has 6 bridgehead atoms. The Morgan fingerprint density at radius 1 is 1.00 bits per heavy atom. The van der Waals surface area contributed by atoms with E-state index >= 15 is 0 Å². The summed E-state index contributed by atoms with van der Waals surface area (Å²) < 4.78 is 0. The standard InChI is InChI=1S/C26H30N6O/c1-17-16-27-25-29-21-9-5-6-18(14-21)10-11-19-15-22(28-24(17)32-25)12-13-23(19)31-26(33)30-20-7-3-2-4-8-20/h5-6,9,12-16,20H,2-4,7-8,10-11H2,1H3,(H2,30,31,33)(H2,27,28,29,32). The molecular formula is C26H30N6O. The van der Waals surface area contributed by atoms with Crippen molar-refractivity contribution in [1.82, 2.24) is 15.3 Å². The van der Waals surface area contributed by atoms with Gasteiger partial charge in [0.2, 0.25) is 5.95 Å². The topological polar surface area (TPSA) is 91.0 Å². The van der Waals surface area contributed by atoms with Gasteiger partial charge in [0.05, 0.1) is 0 Å². The molecule has 0 unspecified atom stereocenters. The Bertz CT molecular complexity index is 1160. The van der Waals surface area contributed by atoms with Crippen LogP contribution in [0, 0.1) is 6.92 Å². The largest absolute Gasteiger partial charge is 0.340 e. The van der Waals surface area contributed by atoms with Crippen molar-refractivity contribution in [1.29, 1.82) is 0 Å². The van der Waals surface area contributed by atoms with Crippen LogP contribution in [-0.4, -0.2) is 22.0 Å². The van der Waals surface area contributed by atoms with Crippen LogP contribution in [0.1, 0.15) is 48.8 Å². The van der Waals surface area contributed by atoms with Crippen molar-refractivity contribution in [2.45, 2.75) is 57.9 Å². The van der Waals surface area contributed by atoms with Crippen molar-refractivity contribution < 1.29 is 4.79 Å². The molecule has 0 spiro atoms. The van der Waals surface area contributed by atoms with Gasteiger partial charge >= 0.3 is 6.03 Å². The number of hydrogen-bond donors (Lipinski definition) is 4. The van der Waals surface area contributed by atoms with Crippen molar-refractivity contribution in [3.05, 3.63) is 65.4 Å². The maximum absolute atomic E-state index is 12.7. The molecular weight excluding hydrogens is 412 g/mol. The summed E-state index contributed by atoms with van der Waals surface area (Å²) in [7, 11) is 0. The van der Waals surface area contributed by atoms with Crippen LogP contribution in [0.3, 0.4) is 0 Å². The van der Waals surface area contributed by atoms with E-state index in [0.29, 0.717) is 5.95 Å². The number of amides is 2. The van der Waals surface area contributed by atoms with E-state index in [1.165, 1.54) is 24.8 Å². The minimum Gasteiger partial charge on any atom is -0.340 e. The number of carbonyl (C=O) groups is 1. The zero-order valence-corrected chi connectivity index (χ0v) is 18.9. The number of rotatable bonds is 2. The fraction of sp³-hybridized carbons (Fsp3) is 0.346. The molecule has 1 fully saturated rings. The van der Waals surface area contributed by atoms with Gasteiger partial charge in [-0.15, -0.1) is 0 Å². The zero-order valence-electron chi connectivity index (χ0n) is 18.9. The molecule has 3 aromatic rings. The summed E-state index contributed by atoms with van der Waals surface area (Å²) in [6.45, 7) is 1.98. The van der Waals surface area contributed by atoms with Crippen LogP contribution in [0.2, 0.25) is 0 Å². The smallest absolute Gasteiger partial charge is 0.319 e. The summed E-state index contributed by atoms with van der Waals surface area (Å²) >= 11 is 0. The van der Waals surface area contributed by atoms with Gasteiger partial charge < -0.3 is 21.3 Å². The molecule has 2 aromatic carbocycles. The summed E-state index contributed by atoms with van der Waals surface area (Å²) in [4.78, 5) is 21.8. The molecule has 33 heavy (non-hydrogen) atoms. The number of aryl methyl sites for hydroxylation is 3. The van der Waals surface area contributed by atoms with Gasteiger partial charge in [-0.1, -0.05) is 31.4 Å². The molecule has 1 aliphatic carbocycles. The third-order valence-electron chi connectivity index (χ3n) is 6.39. The van der Waals surface area contributed by atoms with Crippen molar-refractivity contribution in [3.63, 3.8) is 0 Å². The van der Waals surface area contributed by atoms with E-state index in [9.17, 15) is 4.79 Å². The fourth-order valence-electron chi connectivity index (χ4n) is 4.57. The van der Waals surface area contributed by atoms with Crippen LogP contribution < -0.4 is 21.3 Å². The van der Waals surface area contributed by atoms with E-state index in [4.69, 9.17) is 0 Å². The Hall–Kier alpha value is -3.61. The number of urea groups is 1. The maximum atomic E-state index is 12.7. The predicted molar refractivity (Wildman–Crippen MR) is 133 cm³/mol. The van der Waals surface area contributed by atoms with Gasteiger partial charge in [-0.3, -0.25) is 0 Å². The normalized spacial score (nSPS) is 15.7. The first-order valence-electron chi connectivity index (χ1n) is 11.8. The molecule has 2 aliphatic rings. The van der Waals surface area contributed by atoms with Crippen molar-refractivity contribution in [2.75, 3.05) is 16.0 Å². The number of fused-ring (bicyclic) bond motifs is 6. The van der Waals surface area contributed by atoms with E-state index in [0.717, 1.165) is 59.7 Å². The lowest BCUT2D eigenvalue weighted by Crippen LogP contribution is -2.39. The van der Waals surface area contributed by atoms with Gasteiger partial charge in [-0.2, -0.15) is 4.98 Å². The second-order valence-electron chi connectivity index (χ2n) is 8.98. The SMILES string of the molecule is Cc1cnc2nc1Nc1ccc(NC(=O)NC3CCCCC3)c(c1)CCc1cccc(c1)N2. The second kappa shape index (κ2) is 9.48. The van der Waals surface area contributed by atoms with Crippen LogP contribution >= 0.6 is 0 Å². The van der Waals surface area contributed by atoms with Gasteiger partial charge in [0.1, 0.15) is 5.82 Å². The molecule has 0 atom stereocenters. The Labute approximate surface area is 194 Å². The predicted octanol–water partition coefficient (Wildman–Crippen LogP) is 5.83. The molecule has 1 aromatic heterocycles. The molecule has 0 saturated heterocycles. The van der Waals surface area contributed by atoms with E-state index < -0.39 is 0 Å². The monoisotopic (exact) mass is 442 g/mol. The molecule has 2 amide bonds. The molecule has 7 heteroatoms. The zero-order chi connectivity index (χ0) is 22.6. The first kappa shape index (κ1) is 21.2. The highest BCUT2D eigenvalue weighted by Gasteiger charge is 2.17. The van der Waals surface area contributed by atoms with Crippen LogP contribution in [0.5, 0.6) is 0 Å². The van der Waals surface area contributed by atoms with Gasteiger partial charge in [-0.05, 0) is 74.1 Å². The van der Waals surface area contributed by atoms with Crippen molar-refractivity contribution >= 4 is 34.9 Å². The maximum Gasteiger partial charge on any atom is 0.319 e. The van der Waals surface area contributed by atoms with Gasteiger partial charge in [0, 0.05) is 34.9 Å². The first-order valence-corrected chi connectivity index (χ1v) is 11.8. The Balaban J connectivity index is 1.43. The Morgan fingerprint density at radius 2 is 1.85 bits per heavy atom. The van der Waals surface area contributed by atoms with E-state index in [1.54, 1.807) is 0 Å². The van der Waals surface area contributed by atoms with Gasteiger partial charge in [0.15, 0.2) is 0 Å². The molecule has 7 nitrogen and oxygen atoms in total. The minimum absolute atomic E-state index is 0.121. The minimum atomic E-state index is -0.121. The highest BCUT2D eigenvalue weighted by Crippen LogP contribution is 2.28. The number of carbonyl (C=O) groups excluding carboxylic acids is 1. The van der Waals surface area contributed by atoms with Crippen molar-refractivity contribution in [3.8, 4) is 0 Å². The summed E-state index contributed by atoms with van der Waals surface area (Å²) in [5.41, 5.74) is 5.99. The molecule has 170 valence electrons. The molecule has 5 rings (SSSR count). The number of hydrogen-bond acceptors (Lipinski definition) is 5. The molecule has 1 aliphatic heterocycles. The summed E-state index contributed by atoms with van der Waals surface area (Å²) in [6.07, 6.45) is 9.25. The third-order valence-corrected chi connectivity index (χ3v) is 6.39. The highest BCUT2D eigenvalue weighted by atomic mass is 16.2. The van der Waals surface area contributed by atoms with Crippen LogP contribution in [0.15, 0.2) is 48.7 Å². The van der Waals surface area contributed by atoms with Crippen LogP contribution in [0.4, 0.5) is 33.6 Å². The third kappa shape index (κ3) is 5.25. The molecule has 0 radical (unpaired) electrons. The average molecular weight is 443 g/mol. The summed E-state index contributed by atoms with van der Waals surface area (Å²) in [5.74, 6) is 1.31. The molecule has 2 heterocycles. The number of nitrogens with one attached hydrogen (secondary N) is 4. The fourth-order valence-corrected chi connectivity index (χ4v) is 4.57. The number of anilines is 5. The molecule has 1 saturated carbocycles. The highest BCUT2D eigenvalue weighted by molar-refractivity contribution is 5.90. The lowest BCUT2D eigenvalue weighted by atomic mass is 9.96. The number of nitrogens with zero attached hydrogens (tertiary/aromatic N) is 2. The van der Waals surface area contributed by atoms with Crippen LogP contribution in [0.25, 0.3) is 0 Å². The number of aromatic nitrogens is 2. The quantitative estimate of drug-likeness (QED) is 0.401. The lowest BCUT2D eigenvalue weighted by Gasteiger charge is -2.23. The number of benzene rings is 2. The van der Waals surface area contributed by atoms with Crippen molar-refractivity contribution in [2.24, 2.45) is 0 Å². The molecule has 4 N–H and O–H groups in total. The average Bonchev–Trinajstić information content (AvgIpc) is 2.82. The second-order valence-corrected chi connectivity index (χ2v) is 8.98.